The van der Waals surface area contributed by atoms with Crippen LogP contribution < -0.4 is 4.74 Å². The third-order valence-corrected chi connectivity index (χ3v) is 10.4. The first-order valence-corrected chi connectivity index (χ1v) is 14.0. The molecule has 2 N–H and O–H groups in total. The first-order valence-electron chi connectivity index (χ1n) is 14.0. The number of phenolic OH excluding ortho intramolecular Hbond substituents is 1. The van der Waals surface area contributed by atoms with Gasteiger partial charge in [-0.05, 0) is 80.7 Å². The molecule has 3 heterocycles. The van der Waals surface area contributed by atoms with Gasteiger partial charge in [-0.25, -0.2) is 0 Å². The summed E-state index contributed by atoms with van der Waals surface area (Å²) in [6.45, 7) is 2.66. The van der Waals surface area contributed by atoms with Gasteiger partial charge in [0.15, 0.2) is 11.5 Å². The van der Waals surface area contributed by atoms with Gasteiger partial charge in [0.25, 0.3) is 0 Å². The summed E-state index contributed by atoms with van der Waals surface area (Å²) >= 11 is 0. The van der Waals surface area contributed by atoms with Gasteiger partial charge in [-0.2, -0.15) is 0 Å². The summed E-state index contributed by atoms with van der Waals surface area (Å²) in [5, 5.41) is 23.5. The Morgan fingerprint density at radius 2 is 1.89 bits per heavy atom. The number of likely N-dealkylation sites (tertiary alicyclic amines) is 2. The van der Waals surface area contributed by atoms with Gasteiger partial charge < -0.3 is 19.8 Å². The van der Waals surface area contributed by atoms with Crippen molar-refractivity contribution in [1.29, 1.82) is 0 Å². The maximum absolute atomic E-state index is 13.7. The average molecular weight is 499 g/mol. The van der Waals surface area contributed by atoms with Crippen LogP contribution in [0.1, 0.15) is 55.2 Å². The minimum absolute atomic E-state index is 0.0553. The van der Waals surface area contributed by atoms with Gasteiger partial charge in [0.05, 0.1) is 17.1 Å². The lowest BCUT2D eigenvalue weighted by Crippen LogP contribution is -2.78. The lowest BCUT2D eigenvalue weighted by atomic mass is 9.48. The second-order valence-electron chi connectivity index (χ2n) is 12.2. The van der Waals surface area contributed by atoms with Crippen LogP contribution in [0.2, 0.25) is 0 Å². The van der Waals surface area contributed by atoms with E-state index in [1.807, 2.05) is 47.4 Å². The Bertz CT molecular complexity index is 1320. The molecule has 3 aliphatic carbocycles. The van der Waals surface area contributed by atoms with E-state index in [-0.39, 0.29) is 29.8 Å². The molecule has 0 unspecified atom stereocenters. The van der Waals surface area contributed by atoms with Gasteiger partial charge in [-0.15, -0.1) is 0 Å². The fourth-order valence-corrected chi connectivity index (χ4v) is 8.61. The molecule has 6 heteroatoms. The summed E-state index contributed by atoms with van der Waals surface area (Å²) in [7, 11) is 0. The van der Waals surface area contributed by atoms with Crippen molar-refractivity contribution in [3.63, 3.8) is 0 Å². The summed E-state index contributed by atoms with van der Waals surface area (Å²) in [6.07, 6.45) is 7.93. The van der Waals surface area contributed by atoms with Crippen molar-refractivity contribution in [3.8, 4) is 11.5 Å². The Labute approximate surface area is 217 Å². The molecule has 2 aromatic carbocycles. The van der Waals surface area contributed by atoms with Crippen LogP contribution in [-0.4, -0.2) is 69.3 Å². The van der Waals surface area contributed by atoms with E-state index in [0.717, 1.165) is 55.0 Å². The molecule has 2 bridgehead atoms. The first-order chi connectivity index (χ1) is 18.0. The van der Waals surface area contributed by atoms with Crippen molar-refractivity contribution in [2.75, 3.05) is 19.6 Å². The van der Waals surface area contributed by atoms with Gasteiger partial charge in [-0.1, -0.05) is 36.4 Å². The Kier molecular flexibility index (Phi) is 4.56. The molecule has 8 rings (SSSR count). The summed E-state index contributed by atoms with van der Waals surface area (Å²) in [6, 6.07) is 13.8. The number of carbonyl (C=O) groups excluding carboxylic acids is 1. The summed E-state index contributed by atoms with van der Waals surface area (Å²) < 4.78 is 6.69. The highest BCUT2D eigenvalue weighted by Crippen LogP contribution is 2.66. The summed E-state index contributed by atoms with van der Waals surface area (Å²) in [4.78, 5) is 18.3. The van der Waals surface area contributed by atoms with E-state index < -0.39 is 11.0 Å². The van der Waals surface area contributed by atoms with Crippen LogP contribution in [0.5, 0.6) is 11.5 Å². The molecule has 2 saturated heterocycles. The fraction of sp³-hybridized carbons (Fsp3) is 0.516. The second kappa shape index (κ2) is 7.61. The predicted octanol–water partition coefficient (Wildman–Crippen LogP) is 3.64. The van der Waals surface area contributed by atoms with Crippen molar-refractivity contribution in [3.05, 3.63) is 64.7 Å². The molecule has 1 spiro atoms. The zero-order valence-electron chi connectivity index (χ0n) is 21.1. The smallest absolute Gasteiger partial charge is 0.250 e. The minimum Gasteiger partial charge on any atom is -0.504 e. The van der Waals surface area contributed by atoms with Gasteiger partial charge in [0, 0.05) is 30.3 Å². The number of carbonyl (C=O) groups is 1. The Morgan fingerprint density at radius 3 is 2.70 bits per heavy atom. The highest BCUT2D eigenvalue weighted by molar-refractivity contribution is 6.00. The zero-order valence-corrected chi connectivity index (χ0v) is 21.1. The number of amides is 1. The molecule has 5 atom stereocenters. The number of phenols is 1. The van der Waals surface area contributed by atoms with Gasteiger partial charge >= 0.3 is 0 Å². The van der Waals surface area contributed by atoms with Crippen LogP contribution in [-0.2, 0) is 16.6 Å². The highest BCUT2D eigenvalue weighted by Gasteiger charge is 2.73. The maximum atomic E-state index is 13.7. The van der Waals surface area contributed by atoms with Crippen LogP contribution >= 0.6 is 0 Å². The molecule has 2 aromatic rings. The lowest BCUT2D eigenvalue weighted by molar-refractivity contribution is -0.200. The number of piperidine rings is 1. The number of aliphatic hydroxyl groups is 1. The van der Waals surface area contributed by atoms with Gasteiger partial charge in [0.1, 0.15) is 6.10 Å². The van der Waals surface area contributed by atoms with E-state index in [2.05, 4.69) is 4.90 Å². The van der Waals surface area contributed by atoms with E-state index in [1.165, 1.54) is 18.4 Å². The third kappa shape index (κ3) is 2.91. The Morgan fingerprint density at radius 1 is 1.05 bits per heavy atom. The molecule has 0 radical (unpaired) electrons. The summed E-state index contributed by atoms with van der Waals surface area (Å²) in [5.74, 6) is 1.55. The Hall–Kier alpha value is -2.83. The molecule has 3 aliphatic heterocycles. The molecular formula is C31H34N2O4. The quantitative estimate of drug-likeness (QED) is 0.630. The normalized spacial score (nSPS) is 37.1. The number of nitrogens with zero attached hydrogens (tertiary/aromatic N) is 2. The van der Waals surface area contributed by atoms with E-state index >= 15 is 0 Å². The van der Waals surface area contributed by atoms with E-state index in [1.54, 1.807) is 6.07 Å². The largest absolute Gasteiger partial charge is 0.504 e. The number of rotatable bonds is 4. The molecule has 192 valence electrons. The molecule has 0 aromatic heterocycles. The molecule has 37 heavy (non-hydrogen) atoms. The van der Waals surface area contributed by atoms with Crippen molar-refractivity contribution in [1.82, 2.24) is 9.80 Å². The number of ether oxygens (including phenoxy) is 1. The van der Waals surface area contributed by atoms with Crippen LogP contribution in [0.25, 0.3) is 6.08 Å². The van der Waals surface area contributed by atoms with Crippen LogP contribution in [0.3, 0.4) is 0 Å². The fourth-order valence-electron chi connectivity index (χ4n) is 8.61. The van der Waals surface area contributed by atoms with E-state index in [0.29, 0.717) is 25.1 Å². The second-order valence-corrected chi connectivity index (χ2v) is 12.2. The number of hydrogen-bond donors (Lipinski definition) is 2. The Balaban J connectivity index is 1.19. The molecule has 2 saturated carbocycles. The molecule has 1 amide bonds. The minimum atomic E-state index is -0.918. The first kappa shape index (κ1) is 22.2. The van der Waals surface area contributed by atoms with Crippen LogP contribution in [0.4, 0.5) is 0 Å². The third-order valence-electron chi connectivity index (χ3n) is 10.4. The average Bonchev–Trinajstić information content (AvgIpc) is 3.55. The predicted molar refractivity (Wildman–Crippen MR) is 139 cm³/mol. The van der Waals surface area contributed by atoms with Gasteiger partial charge in [-0.3, -0.25) is 9.69 Å². The number of hydrogen-bond acceptors (Lipinski definition) is 5. The van der Waals surface area contributed by atoms with Crippen molar-refractivity contribution >= 4 is 12.0 Å². The topological polar surface area (TPSA) is 73.2 Å². The maximum Gasteiger partial charge on any atom is 0.250 e. The number of aromatic hydroxyl groups is 1. The highest BCUT2D eigenvalue weighted by atomic mass is 16.5. The molecule has 6 nitrogen and oxygen atoms in total. The molecule has 4 fully saturated rings. The molecule has 6 aliphatic rings. The standard InChI is InChI=1S/C31H34N2O4/c34-24-9-8-21-17-25-31(36)12-10-23(33-14-11-22(29(33)35)16-19-4-2-1-3-5-19)28-30(31,26(21)27(24)37-28)13-15-32(25)18-20-6-7-20/h1-5,8-9,16,20,23,25,28,34,36H,6-7,10-15,17-18H2/b22-16+/t23-,25+,28+,30+,31-/m1/s1. The van der Waals surface area contributed by atoms with Crippen molar-refractivity contribution < 1.29 is 19.7 Å². The van der Waals surface area contributed by atoms with Crippen LogP contribution in [0.15, 0.2) is 48.0 Å². The molecular weight excluding hydrogens is 464 g/mol. The summed E-state index contributed by atoms with van der Waals surface area (Å²) in [5.41, 5.74) is 2.60. The monoisotopic (exact) mass is 498 g/mol. The number of benzene rings is 2. The van der Waals surface area contributed by atoms with Crippen molar-refractivity contribution in [2.45, 2.75) is 74.1 Å². The van der Waals surface area contributed by atoms with Gasteiger partial charge in [0.2, 0.25) is 5.91 Å². The SMILES string of the molecule is O=C1/C(=C/c2ccccc2)CCN1[C@@H]1CC[C@@]2(O)[C@@H]3Cc4ccc(O)c5c4[C@@]2(CCN3CC2CC2)[C@H]1O5. The van der Waals surface area contributed by atoms with Crippen LogP contribution in [0, 0.1) is 5.92 Å². The van der Waals surface area contributed by atoms with Crippen molar-refractivity contribution in [2.24, 2.45) is 5.92 Å². The zero-order chi connectivity index (χ0) is 24.9. The lowest BCUT2D eigenvalue weighted by Gasteiger charge is -2.64. The van der Waals surface area contributed by atoms with E-state index in [9.17, 15) is 15.0 Å². The van der Waals surface area contributed by atoms with E-state index in [4.69, 9.17) is 4.74 Å².